The van der Waals surface area contributed by atoms with Gasteiger partial charge in [0.05, 0.1) is 5.03 Å². The van der Waals surface area contributed by atoms with Crippen molar-refractivity contribution in [2.45, 2.75) is 45.7 Å². The molecule has 1 unspecified atom stereocenters. The molecular formula is C33H37ClN6O2. The Morgan fingerprint density at radius 2 is 1.74 bits per heavy atom. The number of amidine groups is 1. The SMILES string of the molecule is C/C=C(Cl)\C1=N/C(C)Nc2cccc(c2)CCc2cc(ccc2NC(=O)C2CCN(C(=O)Nc3ccccc3)CC2)N1. The van der Waals surface area contributed by atoms with Crippen LogP contribution in [0.5, 0.6) is 0 Å². The van der Waals surface area contributed by atoms with E-state index in [0.717, 1.165) is 41.2 Å². The Kier molecular flexibility index (Phi) is 9.44. The second-order valence-corrected chi connectivity index (χ2v) is 11.1. The number of anilines is 4. The Bertz CT molecular complexity index is 1480. The molecule has 4 N–H and O–H groups in total. The number of aliphatic imine (C=N–C) groups is 1. The number of hydrogen-bond acceptors (Lipinski definition) is 5. The molecule has 1 fully saturated rings. The van der Waals surface area contributed by atoms with Gasteiger partial charge in [-0.05, 0) is 93.1 Å². The standard InChI is InChI=1S/C33H37ClN6O2/c1-3-29(34)31-36-22(2)35-27-11-7-8-23(20-27)12-13-25-21-28(37-31)14-15-30(25)39-32(41)24-16-18-40(19-17-24)33(42)38-26-9-5-4-6-10-26/h3-11,14-15,20-22,24,35H,12-13,16-19H2,1-2H3,(H,36,37)(H,38,42)(H,39,41)/b29-3+. The van der Waals surface area contributed by atoms with Crippen LogP contribution in [-0.2, 0) is 17.6 Å². The van der Waals surface area contributed by atoms with Crippen molar-refractivity contribution >= 4 is 52.1 Å². The van der Waals surface area contributed by atoms with E-state index in [-0.39, 0.29) is 24.0 Å². The number of aryl methyl sites for hydroxylation is 2. The van der Waals surface area contributed by atoms with Crippen LogP contribution in [0.3, 0.4) is 0 Å². The molecular weight excluding hydrogens is 548 g/mol. The minimum Gasteiger partial charge on any atom is -0.364 e. The fraction of sp³-hybridized carbons (Fsp3) is 0.303. The number of carbonyl (C=O) groups is 2. The number of nitrogens with zero attached hydrogens (tertiary/aromatic N) is 2. The summed E-state index contributed by atoms with van der Waals surface area (Å²) >= 11 is 6.52. The minimum atomic E-state index is -0.203. The van der Waals surface area contributed by atoms with Gasteiger partial charge in [0, 0.05) is 41.8 Å². The first-order valence-electron chi connectivity index (χ1n) is 14.4. The zero-order valence-electron chi connectivity index (χ0n) is 24.0. The molecule has 0 saturated carbocycles. The van der Waals surface area contributed by atoms with Gasteiger partial charge in [-0.15, -0.1) is 0 Å². The first-order valence-corrected chi connectivity index (χ1v) is 14.8. The highest BCUT2D eigenvalue weighted by molar-refractivity contribution is 6.45. The fourth-order valence-corrected chi connectivity index (χ4v) is 5.39. The normalized spacial score (nSPS) is 19.0. The van der Waals surface area contributed by atoms with Gasteiger partial charge in [0.2, 0.25) is 5.91 Å². The van der Waals surface area contributed by atoms with Crippen LogP contribution >= 0.6 is 11.6 Å². The number of nitrogens with one attached hydrogen (secondary N) is 4. The molecule has 2 heterocycles. The van der Waals surface area contributed by atoms with Crippen molar-refractivity contribution in [1.82, 2.24) is 4.90 Å². The van der Waals surface area contributed by atoms with Gasteiger partial charge < -0.3 is 26.2 Å². The Balaban J connectivity index is 1.30. The Morgan fingerprint density at radius 3 is 2.50 bits per heavy atom. The van der Waals surface area contributed by atoms with Crippen LogP contribution in [0, 0.1) is 5.92 Å². The van der Waals surface area contributed by atoms with E-state index in [4.69, 9.17) is 16.6 Å². The van der Waals surface area contributed by atoms with Gasteiger partial charge in [0.1, 0.15) is 12.0 Å². The van der Waals surface area contributed by atoms with Crippen LogP contribution in [0.15, 0.2) is 88.9 Å². The molecule has 1 saturated heterocycles. The monoisotopic (exact) mass is 584 g/mol. The second-order valence-electron chi connectivity index (χ2n) is 10.7. The lowest BCUT2D eigenvalue weighted by atomic mass is 9.95. The summed E-state index contributed by atoms with van der Waals surface area (Å²) in [6.45, 7) is 4.92. The van der Waals surface area contributed by atoms with Gasteiger partial charge in [-0.25, -0.2) is 9.79 Å². The van der Waals surface area contributed by atoms with Crippen LogP contribution in [0.1, 0.15) is 37.8 Å². The van der Waals surface area contributed by atoms with Crippen molar-refractivity contribution in [3.05, 3.63) is 95.0 Å². The Morgan fingerprint density at radius 1 is 0.952 bits per heavy atom. The number of benzene rings is 3. The summed E-state index contributed by atoms with van der Waals surface area (Å²) in [7, 11) is 0. The summed E-state index contributed by atoms with van der Waals surface area (Å²) < 4.78 is 0. The molecule has 42 heavy (non-hydrogen) atoms. The van der Waals surface area contributed by atoms with E-state index in [0.29, 0.717) is 36.8 Å². The van der Waals surface area contributed by atoms with E-state index in [1.807, 2.05) is 74.5 Å². The highest BCUT2D eigenvalue weighted by Crippen LogP contribution is 2.27. The van der Waals surface area contributed by atoms with Crippen molar-refractivity contribution < 1.29 is 9.59 Å². The number of halogens is 1. The van der Waals surface area contributed by atoms with Crippen LogP contribution in [-0.4, -0.2) is 41.9 Å². The maximum atomic E-state index is 13.4. The maximum Gasteiger partial charge on any atom is 0.321 e. The number of fused-ring (bicyclic) bond motifs is 4. The zero-order valence-corrected chi connectivity index (χ0v) is 24.7. The molecule has 8 nitrogen and oxygen atoms in total. The minimum absolute atomic E-state index is 0.0165. The van der Waals surface area contributed by atoms with Crippen LogP contribution in [0.25, 0.3) is 0 Å². The van der Waals surface area contributed by atoms with Gasteiger partial charge in [0.25, 0.3) is 0 Å². The third kappa shape index (κ3) is 7.50. The summed E-state index contributed by atoms with van der Waals surface area (Å²) in [6.07, 6.45) is 4.39. The Hall–Kier alpha value is -4.30. The molecule has 3 amide bonds. The second kappa shape index (κ2) is 13.6. The molecule has 3 aromatic carbocycles. The molecule has 0 spiro atoms. The van der Waals surface area contributed by atoms with E-state index in [1.54, 1.807) is 4.90 Å². The molecule has 9 heteroatoms. The zero-order chi connectivity index (χ0) is 29.5. The van der Waals surface area contributed by atoms with Gasteiger partial charge >= 0.3 is 6.03 Å². The molecule has 1 atom stereocenters. The van der Waals surface area contributed by atoms with Gasteiger partial charge in [-0.3, -0.25) is 4.79 Å². The summed E-state index contributed by atoms with van der Waals surface area (Å²) in [5.41, 5.74) is 5.61. The van der Waals surface area contributed by atoms with Crippen molar-refractivity contribution in [2.24, 2.45) is 10.9 Å². The van der Waals surface area contributed by atoms with Crippen molar-refractivity contribution in [2.75, 3.05) is 34.4 Å². The number of urea groups is 1. The average molecular weight is 585 g/mol. The molecule has 218 valence electrons. The average Bonchev–Trinajstić information content (AvgIpc) is 3.01. The Labute approximate surface area is 252 Å². The first kappa shape index (κ1) is 29.2. The molecule has 3 aromatic rings. The van der Waals surface area contributed by atoms with Gasteiger partial charge in [-0.1, -0.05) is 48.0 Å². The van der Waals surface area contributed by atoms with Crippen LogP contribution < -0.4 is 21.3 Å². The smallest absolute Gasteiger partial charge is 0.321 e. The molecule has 4 bridgehead atoms. The summed E-state index contributed by atoms with van der Waals surface area (Å²) in [5, 5.41) is 13.5. The van der Waals surface area contributed by atoms with E-state index in [9.17, 15) is 9.59 Å². The molecule has 0 aliphatic carbocycles. The van der Waals surface area contributed by atoms with E-state index < -0.39 is 0 Å². The summed E-state index contributed by atoms with van der Waals surface area (Å²) in [4.78, 5) is 32.6. The highest BCUT2D eigenvalue weighted by Gasteiger charge is 2.28. The third-order valence-corrected chi connectivity index (χ3v) is 7.99. The molecule has 5 rings (SSSR count). The quantitative estimate of drug-likeness (QED) is 0.263. The van der Waals surface area contributed by atoms with Crippen molar-refractivity contribution in [1.29, 1.82) is 0 Å². The highest BCUT2D eigenvalue weighted by atomic mass is 35.5. The number of carbonyl (C=O) groups excluding carboxylic acids is 2. The number of allylic oxidation sites excluding steroid dienone is 1. The number of likely N-dealkylation sites (tertiary alicyclic amines) is 1. The lowest BCUT2D eigenvalue weighted by molar-refractivity contribution is -0.121. The van der Waals surface area contributed by atoms with Gasteiger partial charge in [-0.2, -0.15) is 0 Å². The van der Waals surface area contributed by atoms with Crippen molar-refractivity contribution in [3.63, 3.8) is 0 Å². The topological polar surface area (TPSA) is 97.9 Å². The predicted octanol–water partition coefficient (Wildman–Crippen LogP) is 7.08. The first-order chi connectivity index (χ1) is 20.4. The number of para-hydroxylation sites is 1. The lowest BCUT2D eigenvalue weighted by Gasteiger charge is -2.31. The molecule has 2 aliphatic rings. The summed E-state index contributed by atoms with van der Waals surface area (Å²) in [6, 6.07) is 23.5. The molecule has 0 aromatic heterocycles. The third-order valence-electron chi connectivity index (χ3n) is 7.59. The number of hydrogen-bond donors (Lipinski definition) is 4. The van der Waals surface area contributed by atoms with Crippen LogP contribution in [0.4, 0.5) is 27.5 Å². The summed E-state index contributed by atoms with van der Waals surface area (Å²) in [5.74, 6) is 0.389. The van der Waals surface area contributed by atoms with Crippen molar-refractivity contribution in [3.8, 4) is 0 Å². The predicted molar refractivity (Wildman–Crippen MR) is 172 cm³/mol. The number of rotatable bonds is 4. The number of piperidine rings is 1. The maximum absolute atomic E-state index is 13.4. The molecule has 0 radical (unpaired) electrons. The largest absolute Gasteiger partial charge is 0.364 e. The molecule has 2 aliphatic heterocycles. The number of amides is 3. The van der Waals surface area contributed by atoms with E-state index >= 15 is 0 Å². The van der Waals surface area contributed by atoms with E-state index in [1.165, 1.54) is 5.56 Å². The van der Waals surface area contributed by atoms with Gasteiger partial charge in [0.15, 0.2) is 0 Å². The fourth-order valence-electron chi connectivity index (χ4n) is 5.29. The lowest BCUT2D eigenvalue weighted by Crippen LogP contribution is -2.43. The van der Waals surface area contributed by atoms with Crippen LogP contribution in [0.2, 0.25) is 0 Å². The van der Waals surface area contributed by atoms with E-state index in [2.05, 4.69) is 39.5 Å².